The molecule has 2 amide bonds. The third kappa shape index (κ3) is 3.83. The van der Waals surface area contributed by atoms with Crippen molar-refractivity contribution in [1.82, 2.24) is 5.32 Å². The van der Waals surface area contributed by atoms with Crippen molar-refractivity contribution in [3.63, 3.8) is 0 Å². The van der Waals surface area contributed by atoms with Crippen LogP contribution in [-0.2, 0) is 0 Å². The fourth-order valence-corrected chi connectivity index (χ4v) is 1.36. The molecule has 0 fully saturated rings. The molecule has 92 valence electrons. The Morgan fingerprint density at radius 3 is 2.59 bits per heavy atom. The number of aryl methyl sites for hydroxylation is 1. The number of aliphatic hydroxyl groups is 1. The summed E-state index contributed by atoms with van der Waals surface area (Å²) in [5, 5.41) is 14.8. The molecule has 0 atom stereocenters. The maximum atomic E-state index is 11.5. The molecule has 1 aromatic rings. The number of carbonyl (C=O) groups excluding carboxylic acids is 1. The Hall–Kier alpha value is -1.97. The van der Waals surface area contributed by atoms with Gasteiger partial charge in [0.2, 0.25) is 0 Å². The minimum Gasteiger partial charge on any atom is -0.508 e. The van der Waals surface area contributed by atoms with E-state index in [0.717, 1.165) is 5.56 Å². The van der Waals surface area contributed by atoms with E-state index in [9.17, 15) is 9.90 Å². The number of rotatable bonds is 3. The molecule has 1 aromatic carbocycles. The molecule has 0 aliphatic heterocycles. The van der Waals surface area contributed by atoms with Gasteiger partial charge in [-0.1, -0.05) is 18.7 Å². The smallest absolute Gasteiger partial charge is 0.319 e. The lowest BCUT2D eigenvalue weighted by atomic mass is 10.1. The quantitative estimate of drug-likeness (QED) is 0.704. The molecule has 0 unspecified atom stereocenters. The second-order valence-corrected chi connectivity index (χ2v) is 4.23. The number of amides is 2. The van der Waals surface area contributed by atoms with Gasteiger partial charge in [-0.15, -0.1) is 0 Å². The van der Waals surface area contributed by atoms with Crippen LogP contribution in [-0.4, -0.2) is 17.2 Å². The SMILES string of the molecule is C=C(O)c1ccc(C)c(NC(=O)NC(C)C)c1. The summed E-state index contributed by atoms with van der Waals surface area (Å²) in [6, 6.07) is 5.08. The second kappa shape index (κ2) is 5.39. The molecular formula is C13H18N2O2. The minimum atomic E-state index is -0.260. The molecular weight excluding hydrogens is 216 g/mol. The molecule has 4 heteroatoms. The van der Waals surface area contributed by atoms with Crippen molar-refractivity contribution in [1.29, 1.82) is 0 Å². The fraction of sp³-hybridized carbons (Fsp3) is 0.308. The van der Waals surface area contributed by atoms with Gasteiger partial charge in [-0.3, -0.25) is 0 Å². The first-order valence-electron chi connectivity index (χ1n) is 5.46. The zero-order valence-electron chi connectivity index (χ0n) is 10.4. The first kappa shape index (κ1) is 13.1. The lowest BCUT2D eigenvalue weighted by Gasteiger charge is -2.13. The van der Waals surface area contributed by atoms with Crippen LogP contribution in [0.5, 0.6) is 0 Å². The minimum absolute atomic E-state index is 0.0164. The van der Waals surface area contributed by atoms with E-state index in [4.69, 9.17) is 0 Å². The Labute approximate surface area is 101 Å². The summed E-state index contributed by atoms with van der Waals surface area (Å²) < 4.78 is 0. The van der Waals surface area contributed by atoms with Gasteiger partial charge in [-0.2, -0.15) is 0 Å². The van der Waals surface area contributed by atoms with E-state index < -0.39 is 0 Å². The molecule has 0 spiro atoms. The monoisotopic (exact) mass is 234 g/mol. The molecule has 0 saturated carbocycles. The van der Waals surface area contributed by atoms with Crippen molar-refractivity contribution in [2.24, 2.45) is 0 Å². The van der Waals surface area contributed by atoms with Gasteiger partial charge in [0.15, 0.2) is 0 Å². The highest BCUT2D eigenvalue weighted by atomic mass is 16.3. The van der Waals surface area contributed by atoms with Crippen LogP contribution in [0.3, 0.4) is 0 Å². The first-order valence-corrected chi connectivity index (χ1v) is 5.46. The highest BCUT2D eigenvalue weighted by Gasteiger charge is 2.07. The largest absolute Gasteiger partial charge is 0.508 e. The summed E-state index contributed by atoms with van der Waals surface area (Å²) in [6.45, 7) is 9.11. The zero-order chi connectivity index (χ0) is 13.0. The van der Waals surface area contributed by atoms with Crippen molar-refractivity contribution in [2.45, 2.75) is 26.8 Å². The van der Waals surface area contributed by atoms with Crippen LogP contribution >= 0.6 is 0 Å². The van der Waals surface area contributed by atoms with E-state index >= 15 is 0 Å². The summed E-state index contributed by atoms with van der Waals surface area (Å²) in [7, 11) is 0. The number of hydrogen-bond donors (Lipinski definition) is 3. The van der Waals surface area contributed by atoms with E-state index in [1.165, 1.54) is 0 Å². The van der Waals surface area contributed by atoms with Crippen molar-refractivity contribution in [3.8, 4) is 0 Å². The van der Waals surface area contributed by atoms with Crippen LogP contribution in [0.2, 0.25) is 0 Å². The van der Waals surface area contributed by atoms with Crippen LogP contribution in [0.1, 0.15) is 25.0 Å². The van der Waals surface area contributed by atoms with E-state index in [2.05, 4.69) is 17.2 Å². The molecule has 3 N–H and O–H groups in total. The number of nitrogens with one attached hydrogen (secondary N) is 2. The average Bonchev–Trinajstić information content (AvgIpc) is 2.19. The third-order valence-corrected chi connectivity index (χ3v) is 2.24. The fourth-order valence-electron chi connectivity index (χ4n) is 1.36. The zero-order valence-corrected chi connectivity index (χ0v) is 10.4. The highest BCUT2D eigenvalue weighted by Crippen LogP contribution is 2.20. The Balaban J connectivity index is 2.86. The molecule has 0 aliphatic rings. The topological polar surface area (TPSA) is 61.4 Å². The average molecular weight is 234 g/mol. The van der Waals surface area contributed by atoms with Gasteiger partial charge in [-0.25, -0.2) is 4.79 Å². The number of hydrogen-bond acceptors (Lipinski definition) is 2. The standard InChI is InChI=1S/C13H18N2O2/c1-8(2)14-13(17)15-12-7-11(10(4)16)6-5-9(12)3/h5-8,16H,4H2,1-3H3,(H2,14,15,17). The van der Waals surface area contributed by atoms with Gasteiger partial charge < -0.3 is 15.7 Å². The molecule has 1 rings (SSSR count). The molecule has 0 radical (unpaired) electrons. The Bertz CT molecular complexity index is 439. The van der Waals surface area contributed by atoms with Gasteiger partial charge >= 0.3 is 6.03 Å². The number of benzene rings is 1. The number of anilines is 1. The molecule has 0 heterocycles. The predicted octanol–water partition coefficient (Wildman–Crippen LogP) is 3.05. The van der Waals surface area contributed by atoms with Crippen LogP contribution in [0.15, 0.2) is 24.8 Å². The van der Waals surface area contributed by atoms with E-state index in [0.29, 0.717) is 11.3 Å². The summed E-state index contributed by atoms with van der Waals surface area (Å²) in [4.78, 5) is 11.5. The molecule has 17 heavy (non-hydrogen) atoms. The molecule has 0 aliphatic carbocycles. The van der Waals surface area contributed by atoms with Crippen molar-refractivity contribution >= 4 is 17.5 Å². The Kier molecular flexibility index (Phi) is 4.15. The van der Waals surface area contributed by atoms with Gasteiger partial charge in [0.05, 0.1) is 0 Å². The normalized spacial score (nSPS) is 10.1. The van der Waals surface area contributed by atoms with E-state index in [-0.39, 0.29) is 17.8 Å². The maximum Gasteiger partial charge on any atom is 0.319 e. The summed E-state index contributed by atoms with van der Waals surface area (Å²) in [5.74, 6) is -0.0164. The van der Waals surface area contributed by atoms with Crippen LogP contribution in [0, 0.1) is 6.92 Å². The van der Waals surface area contributed by atoms with E-state index in [1.54, 1.807) is 12.1 Å². The van der Waals surface area contributed by atoms with Crippen LogP contribution < -0.4 is 10.6 Å². The lowest BCUT2D eigenvalue weighted by molar-refractivity contribution is 0.250. The van der Waals surface area contributed by atoms with Crippen molar-refractivity contribution in [3.05, 3.63) is 35.9 Å². The lowest BCUT2D eigenvalue weighted by Crippen LogP contribution is -2.34. The van der Waals surface area contributed by atoms with E-state index in [1.807, 2.05) is 26.8 Å². The van der Waals surface area contributed by atoms with Crippen molar-refractivity contribution in [2.75, 3.05) is 5.32 Å². The van der Waals surface area contributed by atoms with Gasteiger partial charge in [0.1, 0.15) is 5.76 Å². The summed E-state index contributed by atoms with van der Waals surface area (Å²) >= 11 is 0. The Morgan fingerprint density at radius 1 is 1.41 bits per heavy atom. The summed E-state index contributed by atoms with van der Waals surface area (Å²) in [6.07, 6.45) is 0. The maximum absolute atomic E-state index is 11.5. The number of carbonyl (C=O) groups is 1. The van der Waals surface area contributed by atoms with Crippen LogP contribution in [0.25, 0.3) is 5.76 Å². The number of aliphatic hydroxyl groups excluding tert-OH is 1. The predicted molar refractivity (Wildman–Crippen MR) is 70.1 cm³/mol. The first-order chi connectivity index (χ1) is 7.90. The highest BCUT2D eigenvalue weighted by molar-refractivity contribution is 5.90. The van der Waals surface area contributed by atoms with Crippen molar-refractivity contribution < 1.29 is 9.90 Å². The van der Waals surface area contributed by atoms with Gasteiger partial charge in [0.25, 0.3) is 0 Å². The van der Waals surface area contributed by atoms with Gasteiger partial charge in [-0.05, 0) is 32.4 Å². The third-order valence-electron chi connectivity index (χ3n) is 2.24. The molecule has 0 saturated heterocycles. The van der Waals surface area contributed by atoms with Gasteiger partial charge in [0, 0.05) is 17.3 Å². The van der Waals surface area contributed by atoms with Crippen LogP contribution in [0.4, 0.5) is 10.5 Å². The molecule has 4 nitrogen and oxygen atoms in total. The molecule has 0 bridgehead atoms. The second-order valence-electron chi connectivity index (χ2n) is 4.23. The number of urea groups is 1. The Morgan fingerprint density at radius 2 is 2.06 bits per heavy atom. The summed E-state index contributed by atoms with van der Waals surface area (Å²) in [5.41, 5.74) is 2.18. The molecule has 0 aromatic heterocycles.